The Labute approximate surface area is 78.6 Å². The number of rotatable bonds is 3. The molecule has 4 nitrogen and oxygen atoms in total. The minimum Gasteiger partial charge on any atom is -0.314 e. The molecule has 1 aliphatic heterocycles. The lowest BCUT2D eigenvalue weighted by molar-refractivity contribution is 0.487. The van der Waals surface area contributed by atoms with Crippen LogP contribution in [0.5, 0.6) is 0 Å². The lowest BCUT2D eigenvalue weighted by atomic mass is 10.3. The topological polar surface area (TPSA) is 58.2 Å². The van der Waals surface area contributed by atoms with Crippen molar-refractivity contribution in [3.8, 4) is 0 Å². The fourth-order valence-electron chi connectivity index (χ4n) is 1.01. The van der Waals surface area contributed by atoms with Crippen molar-refractivity contribution in [1.82, 2.24) is 10.0 Å². The number of sulfonamides is 1. The van der Waals surface area contributed by atoms with E-state index in [0.29, 0.717) is 13.1 Å². The molecule has 0 aromatic heterocycles. The molecule has 1 saturated heterocycles. The van der Waals surface area contributed by atoms with Gasteiger partial charge in [0.15, 0.2) is 0 Å². The van der Waals surface area contributed by atoms with Crippen LogP contribution in [0.25, 0.3) is 0 Å². The highest BCUT2D eigenvalue weighted by Gasteiger charge is 2.35. The summed E-state index contributed by atoms with van der Waals surface area (Å²) >= 11 is 0. The van der Waals surface area contributed by atoms with Crippen LogP contribution in [-0.2, 0) is 10.0 Å². The van der Waals surface area contributed by atoms with Gasteiger partial charge in [-0.15, -0.1) is 12.4 Å². The first-order valence-electron chi connectivity index (χ1n) is 3.90. The fraction of sp³-hybridized carbons (Fsp3) is 1.00. The third-order valence-electron chi connectivity index (χ3n) is 2.09. The molecule has 2 aliphatic rings. The van der Waals surface area contributed by atoms with Crippen LogP contribution in [0.15, 0.2) is 0 Å². The van der Waals surface area contributed by atoms with Crippen molar-refractivity contribution in [2.75, 3.05) is 13.1 Å². The van der Waals surface area contributed by atoms with E-state index >= 15 is 0 Å². The monoisotopic (exact) mass is 212 g/mol. The van der Waals surface area contributed by atoms with E-state index in [0.717, 1.165) is 12.8 Å². The molecule has 0 aromatic rings. The van der Waals surface area contributed by atoms with Crippen LogP contribution in [0.1, 0.15) is 12.8 Å². The summed E-state index contributed by atoms with van der Waals surface area (Å²) < 4.78 is 25.3. The van der Waals surface area contributed by atoms with E-state index in [-0.39, 0.29) is 23.7 Å². The van der Waals surface area contributed by atoms with Gasteiger partial charge < -0.3 is 5.32 Å². The van der Waals surface area contributed by atoms with Gasteiger partial charge in [-0.3, -0.25) is 0 Å². The molecule has 6 heteroatoms. The van der Waals surface area contributed by atoms with Crippen LogP contribution in [0.2, 0.25) is 0 Å². The third kappa shape index (κ3) is 2.10. The Morgan fingerprint density at radius 2 is 1.83 bits per heavy atom. The maximum absolute atomic E-state index is 11.3. The minimum atomic E-state index is -2.97. The summed E-state index contributed by atoms with van der Waals surface area (Å²) in [4.78, 5) is 0. The van der Waals surface area contributed by atoms with Crippen LogP contribution >= 0.6 is 12.4 Å². The molecule has 0 spiro atoms. The molecule has 12 heavy (non-hydrogen) atoms. The summed E-state index contributed by atoms with van der Waals surface area (Å²) in [5, 5.41) is 2.76. The molecule has 2 N–H and O–H groups in total. The normalized spacial score (nSPS) is 24.3. The molecule has 2 rings (SSSR count). The van der Waals surface area contributed by atoms with Crippen LogP contribution in [0.4, 0.5) is 0 Å². The number of hydrogen-bond acceptors (Lipinski definition) is 3. The smallest absolute Gasteiger partial charge is 0.217 e. The summed E-state index contributed by atoms with van der Waals surface area (Å²) in [5.41, 5.74) is 0. The molecule has 0 unspecified atom stereocenters. The quantitative estimate of drug-likeness (QED) is 0.661. The summed E-state index contributed by atoms with van der Waals surface area (Å²) in [6, 6.07) is 0.251. The second kappa shape index (κ2) is 3.49. The van der Waals surface area contributed by atoms with E-state index in [2.05, 4.69) is 10.0 Å². The molecule has 2 fully saturated rings. The van der Waals surface area contributed by atoms with Gasteiger partial charge in [-0.05, 0) is 12.8 Å². The highest BCUT2D eigenvalue weighted by Crippen LogP contribution is 2.21. The Bertz CT molecular complexity index is 246. The van der Waals surface area contributed by atoms with Crippen LogP contribution < -0.4 is 10.0 Å². The van der Waals surface area contributed by atoms with E-state index < -0.39 is 10.0 Å². The molecule has 0 radical (unpaired) electrons. The van der Waals surface area contributed by atoms with Gasteiger partial charge in [0.2, 0.25) is 10.0 Å². The lowest BCUT2D eigenvalue weighted by Gasteiger charge is -2.26. The predicted molar refractivity (Wildman–Crippen MR) is 49.0 cm³/mol. The third-order valence-corrected chi connectivity index (χ3v) is 3.96. The van der Waals surface area contributed by atoms with Crippen molar-refractivity contribution in [1.29, 1.82) is 0 Å². The second-order valence-corrected chi connectivity index (χ2v) is 5.21. The van der Waals surface area contributed by atoms with Crippen molar-refractivity contribution in [2.24, 2.45) is 0 Å². The maximum Gasteiger partial charge on any atom is 0.217 e. The predicted octanol–water partition coefficient (Wildman–Crippen LogP) is -0.538. The van der Waals surface area contributed by atoms with Crippen LogP contribution in [0, 0.1) is 0 Å². The molecule has 1 aliphatic carbocycles. The Hall–Kier alpha value is 0.160. The molecular formula is C6H13ClN2O2S. The second-order valence-electron chi connectivity index (χ2n) is 3.22. The van der Waals surface area contributed by atoms with Crippen LogP contribution in [-0.4, -0.2) is 32.8 Å². The zero-order valence-electron chi connectivity index (χ0n) is 6.62. The van der Waals surface area contributed by atoms with Gasteiger partial charge >= 0.3 is 0 Å². The van der Waals surface area contributed by atoms with Gasteiger partial charge in [-0.2, -0.15) is 0 Å². The fourth-order valence-corrected chi connectivity index (χ4v) is 2.58. The van der Waals surface area contributed by atoms with E-state index in [4.69, 9.17) is 0 Å². The summed E-state index contributed by atoms with van der Waals surface area (Å²) in [7, 11) is -2.97. The van der Waals surface area contributed by atoms with Gasteiger partial charge in [0.25, 0.3) is 0 Å². The Balaban J connectivity index is 0.000000720. The number of halogens is 1. The maximum atomic E-state index is 11.3. The van der Waals surface area contributed by atoms with Crippen molar-refractivity contribution in [2.45, 2.75) is 24.1 Å². The summed E-state index contributed by atoms with van der Waals surface area (Å²) in [5.74, 6) is 0. The van der Waals surface area contributed by atoms with Crippen molar-refractivity contribution in [3.63, 3.8) is 0 Å². The highest BCUT2D eigenvalue weighted by atomic mass is 35.5. The molecular weight excluding hydrogens is 200 g/mol. The first-order chi connectivity index (χ1) is 5.18. The molecule has 72 valence electrons. The molecule has 1 heterocycles. The van der Waals surface area contributed by atoms with Gasteiger partial charge in [-0.25, -0.2) is 13.1 Å². The van der Waals surface area contributed by atoms with Gasteiger partial charge in [-0.1, -0.05) is 0 Å². The van der Waals surface area contributed by atoms with E-state index in [1.807, 2.05) is 0 Å². The minimum absolute atomic E-state index is 0. The van der Waals surface area contributed by atoms with Crippen LogP contribution in [0.3, 0.4) is 0 Å². The zero-order valence-corrected chi connectivity index (χ0v) is 8.25. The van der Waals surface area contributed by atoms with Crippen molar-refractivity contribution < 1.29 is 8.42 Å². The highest BCUT2D eigenvalue weighted by molar-refractivity contribution is 7.90. The Morgan fingerprint density at radius 1 is 1.25 bits per heavy atom. The summed E-state index contributed by atoms with van der Waals surface area (Å²) in [6.45, 7) is 1.23. The molecule has 0 aromatic carbocycles. The van der Waals surface area contributed by atoms with Crippen molar-refractivity contribution in [3.05, 3.63) is 0 Å². The Morgan fingerprint density at radius 3 is 2.17 bits per heavy atom. The number of nitrogens with one attached hydrogen (secondary N) is 2. The van der Waals surface area contributed by atoms with E-state index in [1.165, 1.54) is 0 Å². The molecule has 0 amide bonds. The average molecular weight is 213 g/mol. The van der Waals surface area contributed by atoms with Crippen molar-refractivity contribution >= 4 is 22.4 Å². The first kappa shape index (κ1) is 10.2. The molecule has 0 bridgehead atoms. The number of hydrogen-bond donors (Lipinski definition) is 2. The molecule has 0 atom stereocenters. The Kier molecular flexibility index (Phi) is 2.98. The average Bonchev–Trinajstić information content (AvgIpc) is 2.40. The zero-order chi connectivity index (χ0) is 7.90. The van der Waals surface area contributed by atoms with E-state index in [1.54, 1.807) is 0 Å². The van der Waals surface area contributed by atoms with Gasteiger partial charge in [0.1, 0.15) is 5.25 Å². The van der Waals surface area contributed by atoms with Gasteiger partial charge in [0.05, 0.1) is 0 Å². The molecule has 1 saturated carbocycles. The standard InChI is InChI=1S/C6H12N2O2S.ClH/c9-11(10,6-3-7-4-6)8-5-1-2-5;/h5-8H,1-4H2;1H. The van der Waals surface area contributed by atoms with E-state index in [9.17, 15) is 8.42 Å². The van der Waals surface area contributed by atoms with Gasteiger partial charge in [0, 0.05) is 19.1 Å². The summed E-state index contributed by atoms with van der Waals surface area (Å²) in [6.07, 6.45) is 2.03. The first-order valence-corrected chi connectivity index (χ1v) is 5.45. The SMILES string of the molecule is Cl.O=S(=O)(NC1CC1)C1CNC1. The largest absolute Gasteiger partial charge is 0.314 e. The lowest BCUT2D eigenvalue weighted by Crippen LogP contribution is -2.55.